The number of rotatable bonds is 3. The molecule has 3 nitrogen and oxygen atoms in total. The lowest BCUT2D eigenvalue weighted by Gasteiger charge is -2.26. The Kier molecular flexibility index (Phi) is 3.16. The molecule has 0 aliphatic rings. The fraction of sp³-hybridized carbons (Fsp3) is 0.556. The number of hydrogen-bond donors (Lipinski definition) is 2. The van der Waals surface area contributed by atoms with Crippen LogP contribution in [0.3, 0.4) is 0 Å². The van der Waals surface area contributed by atoms with Gasteiger partial charge in [-0.05, 0) is 35.3 Å². The van der Waals surface area contributed by atoms with Gasteiger partial charge < -0.3 is 14.6 Å². The molecule has 2 unspecified atom stereocenters. The van der Waals surface area contributed by atoms with Crippen molar-refractivity contribution < 1.29 is 14.6 Å². The molecule has 74 valence electrons. The minimum Gasteiger partial charge on any atom is -0.465 e. The summed E-state index contributed by atoms with van der Waals surface area (Å²) in [6, 6.07) is 1.68. The van der Waals surface area contributed by atoms with Gasteiger partial charge in [-0.2, -0.15) is 0 Å². The van der Waals surface area contributed by atoms with Gasteiger partial charge in [-0.3, -0.25) is 0 Å². The molecule has 1 aromatic heterocycles. The van der Waals surface area contributed by atoms with E-state index in [0.29, 0.717) is 16.7 Å². The monoisotopic (exact) mass is 248 g/mol. The molecule has 2 N–H and O–H groups in total. The molecule has 0 spiro atoms. The quantitative estimate of drug-likeness (QED) is 0.863. The first-order valence-corrected chi connectivity index (χ1v) is 4.91. The second kappa shape index (κ2) is 3.82. The van der Waals surface area contributed by atoms with E-state index in [1.54, 1.807) is 19.9 Å². The predicted molar refractivity (Wildman–Crippen MR) is 52.3 cm³/mol. The van der Waals surface area contributed by atoms with Crippen LogP contribution in [0.1, 0.15) is 32.1 Å². The molecular formula is C9H13BrO3. The Bertz CT molecular complexity index is 280. The first-order chi connectivity index (χ1) is 5.99. The zero-order chi connectivity index (χ0) is 10.1. The minimum absolute atomic E-state index is 0.367. The molecule has 0 aliphatic heterocycles. The van der Waals surface area contributed by atoms with Crippen molar-refractivity contribution in [1.29, 1.82) is 0 Å². The highest BCUT2D eigenvalue weighted by Gasteiger charge is 2.33. The molecule has 13 heavy (non-hydrogen) atoms. The molecular weight excluding hydrogens is 236 g/mol. The number of halogens is 1. The highest BCUT2D eigenvalue weighted by atomic mass is 79.9. The highest BCUT2D eigenvalue weighted by Crippen LogP contribution is 2.33. The van der Waals surface area contributed by atoms with E-state index < -0.39 is 11.7 Å². The van der Waals surface area contributed by atoms with Gasteiger partial charge >= 0.3 is 0 Å². The molecule has 0 saturated heterocycles. The normalized spacial score (nSPS) is 18.2. The standard InChI is InChI=1S/C9H13BrO3/c1-3-9(2,12)8(11)7-6(10)4-5-13-7/h4-5,8,11-12H,3H2,1-2H3. The third-order valence-corrected chi connectivity index (χ3v) is 2.85. The lowest BCUT2D eigenvalue weighted by Crippen LogP contribution is -2.31. The van der Waals surface area contributed by atoms with Crippen molar-refractivity contribution in [2.75, 3.05) is 0 Å². The van der Waals surface area contributed by atoms with Crippen LogP contribution in [0.5, 0.6) is 0 Å². The molecule has 0 aliphatic carbocycles. The van der Waals surface area contributed by atoms with E-state index in [2.05, 4.69) is 15.9 Å². The maximum absolute atomic E-state index is 9.76. The van der Waals surface area contributed by atoms with E-state index in [-0.39, 0.29) is 0 Å². The van der Waals surface area contributed by atoms with E-state index in [0.717, 1.165) is 0 Å². The van der Waals surface area contributed by atoms with Crippen LogP contribution in [0, 0.1) is 0 Å². The number of aliphatic hydroxyl groups is 2. The van der Waals surface area contributed by atoms with Crippen molar-refractivity contribution in [2.24, 2.45) is 0 Å². The summed E-state index contributed by atoms with van der Waals surface area (Å²) in [7, 11) is 0. The van der Waals surface area contributed by atoms with Gasteiger partial charge in [0, 0.05) is 0 Å². The summed E-state index contributed by atoms with van der Waals surface area (Å²) in [4.78, 5) is 0. The van der Waals surface area contributed by atoms with Gasteiger partial charge in [-0.25, -0.2) is 0 Å². The van der Waals surface area contributed by atoms with Crippen LogP contribution < -0.4 is 0 Å². The molecule has 0 radical (unpaired) electrons. The molecule has 0 amide bonds. The van der Waals surface area contributed by atoms with Crippen molar-refractivity contribution in [2.45, 2.75) is 32.0 Å². The maximum atomic E-state index is 9.76. The van der Waals surface area contributed by atoms with Crippen LogP contribution >= 0.6 is 15.9 Å². The zero-order valence-corrected chi connectivity index (χ0v) is 9.21. The fourth-order valence-corrected chi connectivity index (χ4v) is 1.39. The summed E-state index contributed by atoms with van der Waals surface area (Å²) in [6.45, 7) is 3.38. The summed E-state index contributed by atoms with van der Waals surface area (Å²) < 4.78 is 5.73. The minimum atomic E-state index is -1.15. The molecule has 0 saturated carbocycles. The number of aliphatic hydroxyl groups excluding tert-OH is 1. The Balaban J connectivity index is 2.91. The molecule has 0 fully saturated rings. The second-order valence-corrected chi connectivity index (χ2v) is 4.10. The average Bonchev–Trinajstić information content (AvgIpc) is 2.50. The molecule has 1 rings (SSSR count). The lowest BCUT2D eigenvalue weighted by molar-refractivity contribution is -0.0752. The molecule has 1 aromatic rings. The van der Waals surface area contributed by atoms with Gasteiger partial charge in [0.05, 0.1) is 16.3 Å². The second-order valence-electron chi connectivity index (χ2n) is 3.25. The van der Waals surface area contributed by atoms with E-state index in [9.17, 15) is 10.2 Å². The van der Waals surface area contributed by atoms with Crippen LogP contribution in [-0.2, 0) is 0 Å². The third kappa shape index (κ3) is 2.13. The molecule has 0 bridgehead atoms. The van der Waals surface area contributed by atoms with Crippen molar-refractivity contribution in [3.63, 3.8) is 0 Å². The van der Waals surface area contributed by atoms with Crippen LogP contribution in [0.25, 0.3) is 0 Å². The largest absolute Gasteiger partial charge is 0.465 e. The predicted octanol–water partition coefficient (Wildman–Crippen LogP) is 2.24. The van der Waals surface area contributed by atoms with E-state index >= 15 is 0 Å². The third-order valence-electron chi connectivity index (χ3n) is 2.20. The summed E-state index contributed by atoms with van der Waals surface area (Å²) in [5.74, 6) is 0.367. The Hall–Kier alpha value is -0.320. The number of hydrogen-bond acceptors (Lipinski definition) is 3. The van der Waals surface area contributed by atoms with Gasteiger partial charge in [-0.1, -0.05) is 6.92 Å². The highest BCUT2D eigenvalue weighted by molar-refractivity contribution is 9.10. The van der Waals surface area contributed by atoms with Crippen LogP contribution in [-0.4, -0.2) is 15.8 Å². The van der Waals surface area contributed by atoms with Gasteiger partial charge in [0.1, 0.15) is 11.9 Å². The SMILES string of the molecule is CCC(C)(O)C(O)c1occc1Br. The maximum Gasteiger partial charge on any atom is 0.149 e. The molecule has 2 atom stereocenters. The Labute approximate surface area is 85.5 Å². The van der Waals surface area contributed by atoms with Crippen LogP contribution in [0.2, 0.25) is 0 Å². The summed E-state index contributed by atoms with van der Waals surface area (Å²) in [5, 5.41) is 19.5. The summed E-state index contributed by atoms with van der Waals surface area (Å²) in [6.07, 6.45) is 0.928. The Morgan fingerprint density at radius 3 is 2.69 bits per heavy atom. The molecule has 0 aromatic carbocycles. The van der Waals surface area contributed by atoms with Crippen LogP contribution in [0.4, 0.5) is 0 Å². The van der Waals surface area contributed by atoms with Crippen molar-refractivity contribution >= 4 is 15.9 Å². The first kappa shape index (κ1) is 10.8. The molecule has 4 heteroatoms. The molecule has 1 heterocycles. The Morgan fingerprint density at radius 2 is 2.31 bits per heavy atom. The summed E-state index contributed by atoms with van der Waals surface area (Å²) in [5.41, 5.74) is -1.15. The zero-order valence-electron chi connectivity index (χ0n) is 7.62. The van der Waals surface area contributed by atoms with E-state index in [1.165, 1.54) is 6.26 Å². The van der Waals surface area contributed by atoms with Gasteiger partial charge in [0.25, 0.3) is 0 Å². The Morgan fingerprint density at radius 1 is 1.69 bits per heavy atom. The average molecular weight is 249 g/mol. The van der Waals surface area contributed by atoms with E-state index in [1.807, 2.05) is 0 Å². The van der Waals surface area contributed by atoms with E-state index in [4.69, 9.17) is 4.42 Å². The smallest absolute Gasteiger partial charge is 0.149 e. The van der Waals surface area contributed by atoms with Gasteiger partial charge in [0.2, 0.25) is 0 Å². The van der Waals surface area contributed by atoms with Crippen molar-refractivity contribution in [1.82, 2.24) is 0 Å². The fourth-order valence-electron chi connectivity index (χ4n) is 0.976. The van der Waals surface area contributed by atoms with Gasteiger partial charge in [-0.15, -0.1) is 0 Å². The lowest BCUT2D eigenvalue weighted by atomic mass is 9.94. The van der Waals surface area contributed by atoms with Gasteiger partial charge in [0.15, 0.2) is 0 Å². The van der Waals surface area contributed by atoms with Crippen molar-refractivity contribution in [3.8, 4) is 0 Å². The first-order valence-electron chi connectivity index (χ1n) is 4.12. The van der Waals surface area contributed by atoms with Crippen molar-refractivity contribution in [3.05, 3.63) is 22.6 Å². The van der Waals surface area contributed by atoms with Crippen LogP contribution in [0.15, 0.2) is 21.2 Å². The topological polar surface area (TPSA) is 53.6 Å². The summed E-state index contributed by atoms with van der Waals surface area (Å²) >= 11 is 3.22. The number of furan rings is 1.